The molecule has 0 spiro atoms. The van der Waals surface area contributed by atoms with Crippen molar-refractivity contribution in [3.63, 3.8) is 0 Å². The molecule has 0 saturated heterocycles. The van der Waals surface area contributed by atoms with Crippen molar-refractivity contribution in [1.29, 1.82) is 0 Å². The molecule has 0 amide bonds. The number of rotatable bonds is 4. The minimum atomic E-state index is 0.605. The van der Waals surface area contributed by atoms with Crippen LogP contribution in [-0.2, 0) is 0 Å². The Labute approximate surface area is 124 Å². The lowest BCUT2D eigenvalue weighted by Gasteiger charge is -2.21. The number of thioether (sulfide) groups is 1. The van der Waals surface area contributed by atoms with Gasteiger partial charge in [0.15, 0.2) is 0 Å². The molecular weight excluding hydrogens is 248 g/mol. The Bertz CT molecular complexity index is 360. The van der Waals surface area contributed by atoms with Gasteiger partial charge < -0.3 is 0 Å². The standard InChI is InChI=1S/C16H26S.C2H4/c1-10(2)13-8-14(11(3)4)16(17-7)15(9-13)12(5)6;1-2/h8-12H,1-7H3;1-2H2. The van der Waals surface area contributed by atoms with E-state index >= 15 is 0 Å². The summed E-state index contributed by atoms with van der Waals surface area (Å²) in [6.07, 6.45) is 2.20. The van der Waals surface area contributed by atoms with Crippen molar-refractivity contribution < 1.29 is 0 Å². The van der Waals surface area contributed by atoms with Gasteiger partial charge in [-0.05, 0) is 40.7 Å². The quantitative estimate of drug-likeness (QED) is 0.442. The van der Waals surface area contributed by atoms with Crippen molar-refractivity contribution in [2.75, 3.05) is 6.26 Å². The maximum Gasteiger partial charge on any atom is 0.0139 e. The van der Waals surface area contributed by atoms with Gasteiger partial charge in [0.1, 0.15) is 0 Å². The van der Waals surface area contributed by atoms with Gasteiger partial charge in [-0.2, -0.15) is 0 Å². The van der Waals surface area contributed by atoms with Crippen molar-refractivity contribution in [1.82, 2.24) is 0 Å². The fourth-order valence-electron chi connectivity index (χ4n) is 2.13. The average molecular weight is 279 g/mol. The maximum atomic E-state index is 3.00. The molecule has 0 nitrogen and oxygen atoms in total. The zero-order valence-electron chi connectivity index (χ0n) is 13.7. The Morgan fingerprint density at radius 2 is 1.16 bits per heavy atom. The summed E-state index contributed by atoms with van der Waals surface area (Å²) in [5.41, 5.74) is 4.52. The molecule has 0 unspecified atom stereocenters. The summed E-state index contributed by atoms with van der Waals surface area (Å²) >= 11 is 1.90. The second-order valence-corrected chi connectivity index (χ2v) is 6.51. The molecule has 1 rings (SSSR count). The van der Waals surface area contributed by atoms with E-state index in [9.17, 15) is 0 Å². The first-order valence-electron chi connectivity index (χ1n) is 7.10. The van der Waals surface area contributed by atoms with Gasteiger partial charge in [0.05, 0.1) is 0 Å². The Morgan fingerprint density at radius 1 is 0.789 bits per heavy atom. The molecule has 0 bridgehead atoms. The minimum Gasteiger partial charge on any atom is -0.129 e. The lowest BCUT2D eigenvalue weighted by molar-refractivity contribution is 0.772. The van der Waals surface area contributed by atoms with Crippen LogP contribution in [0.1, 0.15) is 76.0 Å². The molecule has 19 heavy (non-hydrogen) atoms. The van der Waals surface area contributed by atoms with Gasteiger partial charge in [-0.3, -0.25) is 0 Å². The molecule has 1 heteroatoms. The summed E-state index contributed by atoms with van der Waals surface area (Å²) < 4.78 is 0. The summed E-state index contributed by atoms with van der Waals surface area (Å²) in [5, 5.41) is 0. The highest BCUT2D eigenvalue weighted by Crippen LogP contribution is 2.37. The van der Waals surface area contributed by atoms with Crippen LogP contribution in [0, 0.1) is 0 Å². The van der Waals surface area contributed by atoms with Gasteiger partial charge in [0.2, 0.25) is 0 Å². The number of benzene rings is 1. The second kappa shape index (κ2) is 8.47. The molecule has 0 aliphatic rings. The summed E-state index contributed by atoms with van der Waals surface area (Å²) in [7, 11) is 0. The first-order valence-corrected chi connectivity index (χ1v) is 8.32. The van der Waals surface area contributed by atoms with E-state index in [4.69, 9.17) is 0 Å². The van der Waals surface area contributed by atoms with Gasteiger partial charge in [-0.15, -0.1) is 24.9 Å². The Kier molecular flexibility index (Phi) is 8.17. The molecule has 0 fully saturated rings. The van der Waals surface area contributed by atoms with Crippen molar-refractivity contribution in [3.05, 3.63) is 42.0 Å². The van der Waals surface area contributed by atoms with Gasteiger partial charge >= 0.3 is 0 Å². The van der Waals surface area contributed by atoms with Crippen LogP contribution >= 0.6 is 11.8 Å². The van der Waals surface area contributed by atoms with Crippen molar-refractivity contribution in [3.8, 4) is 0 Å². The molecule has 0 saturated carbocycles. The minimum absolute atomic E-state index is 0.605. The fourth-order valence-corrected chi connectivity index (χ4v) is 3.19. The average Bonchev–Trinajstić information content (AvgIpc) is 2.38. The summed E-state index contributed by atoms with van der Waals surface area (Å²) in [6, 6.07) is 4.82. The van der Waals surface area contributed by atoms with Crippen molar-refractivity contribution in [2.45, 2.75) is 64.2 Å². The molecule has 0 radical (unpaired) electrons. The predicted octanol–water partition coefficient (Wildman–Crippen LogP) is 6.58. The third-order valence-electron chi connectivity index (χ3n) is 3.28. The van der Waals surface area contributed by atoms with E-state index in [-0.39, 0.29) is 0 Å². The first-order chi connectivity index (χ1) is 8.88. The van der Waals surface area contributed by atoms with E-state index in [0.717, 1.165) is 0 Å². The Balaban J connectivity index is 0.00000154. The molecule has 0 aromatic heterocycles. The van der Waals surface area contributed by atoms with Crippen LogP contribution in [0.5, 0.6) is 0 Å². The topological polar surface area (TPSA) is 0 Å². The molecule has 0 N–H and O–H groups in total. The van der Waals surface area contributed by atoms with Crippen molar-refractivity contribution in [2.24, 2.45) is 0 Å². The van der Waals surface area contributed by atoms with Crippen LogP contribution < -0.4 is 0 Å². The highest BCUT2D eigenvalue weighted by atomic mass is 32.2. The summed E-state index contributed by atoms with van der Waals surface area (Å²) in [5.74, 6) is 1.82. The van der Waals surface area contributed by atoms with E-state index in [2.05, 4.69) is 73.1 Å². The molecule has 0 atom stereocenters. The van der Waals surface area contributed by atoms with Gasteiger partial charge in [0, 0.05) is 4.90 Å². The van der Waals surface area contributed by atoms with Crippen LogP contribution in [0.25, 0.3) is 0 Å². The number of hydrogen-bond acceptors (Lipinski definition) is 1. The SMILES string of the molecule is C=C.CSc1c(C(C)C)cc(C(C)C)cc1C(C)C. The van der Waals surface area contributed by atoms with E-state index < -0.39 is 0 Å². The molecule has 0 heterocycles. The lowest BCUT2D eigenvalue weighted by Crippen LogP contribution is -2.02. The predicted molar refractivity (Wildman–Crippen MR) is 91.7 cm³/mol. The number of hydrogen-bond donors (Lipinski definition) is 0. The monoisotopic (exact) mass is 278 g/mol. The third-order valence-corrected chi connectivity index (χ3v) is 4.16. The maximum absolute atomic E-state index is 3.00. The highest BCUT2D eigenvalue weighted by molar-refractivity contribution is 7.98. The van der Waals surface area contributed by atoms with Gasteiger partial charge in [-0.1, -0.05) is 53.7 Å². The molecule has 1 aromatic carbocycles. The normalized spacial score (nSPS) is 10.8. The second-order valence-electron chi connectivity index (χ2n) is 5.70. The fraction of sp³-hybridized carbons (Fsp3) is 0.556. The zero-order chi connectivity index (χ0) is 15.2. The van der Waals surface area contributed by atoms with Crippen LogP contribution in [0.3, 0.4) is 0 Å². The van der Waals surface area contributed by atoms with E-state index in [1.807, 2.05) is 11.8 Å². The van der Waals surface area contributed by atoms with Gasteiger partial charge in [-0.25, -0.2) is 0 Å². The molecule has 0 aliphatic heterocycles. The highest BCUT2D eigenvalue weighted by Gasteiger charge is 2.16. The Morgan fingerprint density at radius 3 is 1.37 bits per heavy atom. The van der Waals surface area contributed by atoms with Crippen molar-refractivity contribution >= 4 is 11.8 Å². The van der Waals surface area contributed by atoms with Crippen LogP contribution in [0.4, 0.5) is 0 Å². The van der Waals surface area contributed by atoms with Crippen LogP contribution in [0.2, 0.25) is 0 Å². The van der Waals surface area contributed by atoms with Crippen LogP contribution in [-0.4, -0.2) is 6.26 Å². The smallest absolute Gasteiger partial charge is 0.0139 e. The van der Waals surface area contributed by atoms with E-state index in [0.29, 0.717) is 17.8 Å². The van der Waals surface area contributed by atoms with E-state index in [1.54, 1.807) is 0 Å². The summed E-state index contributed by atoms with van der Waals surface area (Å²) in [6.45, 7) is 19.7. The largest absolute Gasteiger partial charge is 0.129 e. The zero-order valence-corrected chi connectivity index (χ0v) is 14.5. The molecule has 108 valence electrons. The van der Waals surface area contributed by atoms with E-state index in [1.165, 1.54) is 21.6 Å². The van der Waals surface area contributed by atoms with Gasteiger partial charge in [0.25, 0.3) is 0 Å². The molecule has 0 aliphatic carbocycles. The first kappa shape index (κ1) is 18.3. The Hall–Kier alpha value is -0.690. The molecular formula is C18H30S. The van der Waals surface area contributed by atoms with Crippen LogP contribution in [0.15, 0.2) is 30.2 Å². The summed E-state index contributed by atoms with van der Waals surface area (Å²) in [4.78, 5) is 1.50. The molecule has 1 aromatic rings. The lowest BCUT2D eigenvalue weighted by atomic mass is 9.89. The third kappa shape index (κ3) is 4.72.